The molecule has 0 aromatic carbocycles. The summed E-state index contributed by atoms with van der Waals surface area (Å²) in [5.41, 5.74) is 5.34. The van der Waals surface area contributed by atoms with Gasteiger partial charge in [0.1, 0.15) is 6.61 Å². The van der Waals surface area contributed by atoms with E-state index >= 15 is 0 Å². The lowest BCUT2D eigenvalue weighted by atomic mass is 10.1. The van der Waals surface area contributed by atoms with Crippen molar-refractivity contribution in [3.63, 3.8) is 0 Å². The Morgan fingerprint density at radius 2 is 0.981 bits per heavy atom. The average molecular weight is 782 g/mol. The third-order valence-electron chi connectivity index (χ3n) is 8.94. The number of carbonyl (C=O) groups is 2. The van der Waals surface area contributed by atoms with Crippen LogP contribution in [0.1, 0.15) is 187 Å². The van der Waals surface area contributed by atoms with Gasteiger partial charge in [-0.05, 0) is 70.6 Å². The molecule has 0 radical (unpaired) electrons. The number of ether oxygens (including phenoxy) is 2. The van der Waals surface area contributed by atoms with E-state index in [1.807, 2.05) is 0 Å². The molecule has 1 unspecified atom stereocenters. The summed E-state index contributed by atoms with van der Waals surface area (Å²) in [5.74, 6) is -0.850. The second kappa shape index (κ2) is 40.6. The van der Waals surface area contributed by atoms with Gasteiger partial charge >= 0.3 is 19.8 Å². The summed E-state index contributed by atoms with van der Waals surface area (Å²) in [6.07, 6.45) is 45.6. The minimum Gasteiger partial charge on any atom is -0.462 e. The van der Waals surface area contributed by atoms with Crippen LogP contribution >= 0.6 is 7.82 Å². The Balaban J connectivity index is 4.17. The molecule has 0 rings (SSSR count). The van der Waals surface area contributed by atoms with Crippen LogP contribution in [0, 0.1) is 0 Å². The molecule has 54 heavy (non-hydrogen) atoms. The number of hydrogen-bond donors (Lipinski definition) is 2. The normalized spacial score (nSPS) is 13.8. The van der Waals surface area contributed by atoms with Crippen LogP contribution in [0.5, 0.6) is 0 Å². The Hall–Kier alpha value is -2.03. The number of rotatable bonds is 40. The summed E-state index contributed by atoms with van der Waals surface area (Å²) in [6.45, 7) is 3.64. The second-order valence-corrected chi connectivity index (χ2v) is 15.7. The fourth-order valence-corrected chi connectivity index (χ4v) is 6.45. The van der Waals surface area contributed by atoms with Crippen molar-refractivity contribution in [3.8, 4) is 0 Å². The summed E-state index contributed by atoms with van der Waals surface area (Å²) in [5, 5.41) is 0. The van der Waals surface area contributed by atoms with E-state index in [1.165, 1.54) is 70.6 Å². The monoisotopic (exact) mass is 782 g/mol. The molecule has 314 valence electrons. The van der Waals surface area contributed by atoms with E-state index in [-0.39, 0.29) is 32.6 Å². The van der Waals surface area contributed by atoms with E-state index in [0.29, 0.717) is 12.8 Å². The standard InChI is InChI=1S/C44H80NO8P/c1-3-5-7-9-11-13-15-17-19-20-21-22-23-25-27-29-31-33-35-37-44(47)53-42(41-52-54(48,49)51-39-38-45)40-50-43(46)36-34-32-30-28-26-24-18-16-14-12-10-8-6-4-2/h10-13,16-19,42H,3-9,14-15,20-41,45H2,1-2H3,(H,48,49)/b12-10+,13-11+,18-16+,19-17+/t42-/m1/s1. The average Bonchev–Trinajstić information content (AvgIpc) is 3.16. The minimum absolute atomic E-state index is 0.0492. The Bertz CT molecular complexity index is 1030. The molecule has 0 saturated carbocycles. The van der Waals surface area contributed by atoms with Crippen molar-refractivity contribution in [1.29, 1.82) is 0 Å². The first-order valence-electron chi connectivity index (χ1n) is 21.6. The molecule has 3 N–H and O–H groups in total. The number of esters is 2. The largest absolute Gasteiger partial charge is 0.472 e. The van der Waals surface area contributed by atoms with Gasteiger partial charge in [0.25, 0.3) is 0 Å². The molecule has 0 aliphatic rings. The van der Waals surface area contributed by atoms with Crippen LogP contribution in [0.3, 0.4) is 0 Å². The molecule has 0 bridgehead atoms. The van der Waals surface area contributed by atoms with Crippen LogP contribution in [0.2, 0.25) is 0 Å². The Morgan fingerprint density at radius 3 is 1.46 bits per heavy atom. The topological polar surface area (TPSA) is 134 Å². The lowest BCUT2D eigenvalue weighted by Crippen LogP contribution is -2.29. The van der Waals surface area contributed by atoms with Crippen LogP contribution in [0.4, 0.5) is 0 Å². The Morgan fingerprint density at radius 1 is 0.556 bits per heavy atom. The number of nitrogens with two attached hydrogens (primary N) is 1. The van der Waals surface area contributed by atoms with Gasteiger partial charge in [0.05, 0.1) is 13.2 Å². The van der Waals surface area contributed by atoms with Gasteiger partial charge in [0, 0.05) is 19.4 Å². The number of carbonyl (C=O) groups excluding carboxylic acids is 2. The van der Waals surface area contributed by atoms with E-state index in [2.05, 4.69) is 62.5 Å². The Labute approximate surface area is 330 Å². The minimum atomic E-state index is -4.38. The molecule has 0 amide bonds. The zero-order chi connectivity index (χ0) is 39.6. The van der Waals surface area contributed by atoms with Crippen LogP contribution in [-0.4, -0.2) is 49.3 Å². The molecule has 10 heteroatoms. The number of phosphoric ester groups is 1. The Kier molecular flexibility index (Phi) is 39.1. The molecule has 0 spiro atoms. The predicted molar refractivity (Wildman–Crippen MR) is 224 cm³/mol. The van der Waals surface area contributed by atoms with Crippen molar-refractivity contribution < 1.29 is 37.6 Å². The van der Waals surface area contributed by atoms with Gasteiger partial charge in [0.15, 0.2) is 6.10 Å². The number of hydrogen-bond acceptors (Lipinski definition) is 8. The molecular formula is C44H80NO8P. The first-order valence-corrected chi connectivity index (χ1v) is 23.1. The molecule has 0 aromatic heterocycles. The maximum absolute atomic E-state index is 12.6. The summed E-state index contributed by atoms with van der Waals surface area (Å²) in [4.78, 5) is 34.8. The van der Waals surface area contributed by atoms with E-state index in [1.54, 1.807) is 0 Å². The highest BCUT2D eigenvalue weighted by Gasteiger charge is 2.26. The van der Waals surface area contributed by atoms with Crippen LogP contribution in [-0.2, 0) is 32.7 Å². The number of allylic oxidation sites excluding steroid dienone is 8. The quantitative estimate of drug-likeness (QED) is 0.0269. The van der Waals surface area contributed by atoms with Gasteiger partial charge in [-0.3, -0.25) is 18.6 Å². The first kappa shape index (κ1) is 52.0. The van der Waals surface area contributed by atoms with E-state index in [9.17, 15) is 19.0 Å². The molecule has 0 saturated heterocycles. The third kappa shape index (κ3) is 39.7. The predicted octanol–water partition coefficient (Wildman–Crippen LogP) is 12.3. The third-order valence-corrected chi connectivity index (χ3v) is 9.92. The van der Waals surface area contributed by atoms with Crippen molar-refractivity contribution in [2.45, 2.75) is 193 Å². The van der Waals surface area contributed by atoms with Crippen molar-refractivity contribution in [3.05, 3.63) is 48.6 Å². The SMILES string of the molecule is CCCC/C=C/C/C=C/CCCCCCCC(=O)OC[C@H](COP(=O)(O)OCCN)OC(=O)CCCCCCCCCCC/C=C/C/C=C/CCCCC. The van der Waals surface area contributed by atoms with Gasteiger partial charge in [-0.1, -0.05) is 152 Å². The summed E-state index contributed by atoms with van der Waals surface area (Å²) < 4.78 is 32.8. The summed E-state index contributed by atoms with van der Waals surface area (Å²) in [6, 6.07) is 0. The lowest BCUT2D eigenvalue weighted by Gasteiger charge is -2.19. The highest BCUT2D eigenvalue weighted by molar-refractivity contribution is 7.47. The van der Waals surface area contributed by atoms with Crippen molar-refractivity contribution in [2.75, 3.05) is 26.4 Å². The second-order valence-electron chi connectivity index (χ2n) is 14.2. The van der Waals surface area contributed by atoms with E-state index < -0.39 is 32.5 Å². The van der Waals surface area contributed by atoms with Crippen molar-refractivity contribution in [2.24, 2.45) is 5.73 Å². The maximum atomic E-state index is 12.6. The van der Waals surface area contributed by atoms with E-state index in [0.717, 1.165) is 77.0 Å². The van der Waals surface area contributed by atoms with Crippen molar-refractivity contribution >= 4 is 19.8 Å². The molecule has 0 fully saturated rings. The first-order chi connectivity index (χ1) is 26.3. The molecule has 0 aromatic rings. The number of phosphoric acid groups is 1. The van der Waals surface area contributed by atoms with Crippen LogP contribution in [0.15, 0.2) is 48.6 Å². The van der Waals surface area contributed by atoms with E-state index in [4.69, 9.17) is 24.3 Å². The lowest BCUT2D eigenvalue weighted by molar-refractivity contribution is -0.161. The highest BCUT2D eigenvalue weighted by atomic mass is 31.2. The van der Waals surface area contributed by atoms with Gasteiger partial charge in [-0.15, -0.1) is 0 Å². The molecular weight excluding hydrogens is 701 g/mol. The van der Waals surface area contributed by atoms with Gasteiger partial charge in [-0.2, -0.15) is 0 Å². The zero-order valence-corrected chi connectivity index (χ0v) is 35.3. The fourth-order valence-electron chi connectivity index (χ4n) is 5.68. The molecule has 0 aliphatic carbocycles. The van der Waals surface area contributed by atoms with Gasteiger partial charge in [0.2, 0.25) is 0 Å². The molecule has 2 atom stereocenters. The smallest absolute Gasteiger partial charge is 0.462 e. The summed E-state index contributed by atoms with van der Waals surface area (Å²) >= 11 is 0. The summed E-state index contributed by atoms with van der Waals surface area (Å²) in [7, 11) is -4.38. The van der Waals surface area contributed by atoms with Crippen LogP contribution < -0.4 is 5.73 Å². The number of unbranched alkanes of at least 4 members (excludes halogenated alkanes) is 19. The highest BCUT2D eigenvalue weighted by Crippen LogP contribution is 2.43. The zero-order valence-electron chi connectivity index (χ0n) is 34.4. The molecule has 0 aliphatic heterocycles. The van der Waals surface area contributed by atoms with Crippen molar-refractivity contribution in [1.82, 2.24) is 0 Å². The fraction of sp³-hybridized carbons (Fsp3) is 0.773. The molecule has 9 nitrogen and oxygen atoms in total. The molecule has 0 heterocycles. The van der Waals surface area contributed by atoms with Gasteiger partial charge < -0.3 is 20.1 Å². The maximum Gasteiger partial charge on any atom is 0.472 e. The van der Waals surface area contributed by atoms with Gasteiger partial charge in [-0.25, -0.2) is 4.57 Å². The van der Waals surface area contributed by atoms with Crippen LogP contribution in [0.25, 0.3) is 0 Å².